The molecule has 0 fully saturated rings. The van der Waals surface area contributed by atoms with E-state index in [0.29, 0.717) is 24.3 Å². The summed E-state index contributed by atoms with van der Waals surface area (Å²) in [5.41, 5.74) is 2.57. The van der Waals surface area contributed by atoms with Gasteiger partial charge in [0.05, 0.1) is 19.1 Å². The number of hydrogen-bond donors (Lipinski definition) is 1. The van der Waals surface area contributed by atoms with Crippen molar-refractivity contribution in [2.75, 3.05) is 24.2 Å². The molecule has 9 heteroatoms. The summed E-state index contributed by atoms with van der Waals surface area (Å²) in [5, 5.41) is 2.92. The van der Waals surface area contributed by atoms with E-state index in [1.807, 2.05) is 64.1 Å². The van der Waals surface area contributed by atoms with Crippen LogP contribution in [0.25, 0.3) is 0 Å². The summed E-state index contributed by atoms with van der Waals surface area (Å²) < 4.78 is 31.6. The molecular weight excluding hydrogens is 490 g/mol. The van der Waals surface area contributed by atoms with Gasteiger partial charge in [-0.25, -0.2) is 8.42 Å². The summed E-state index contributed by atoms with van der Waals surface area (Å²) >= 11 is 0. The Labute approximate surface area is 222 Å². The van der Waals surface area contributed by atoms with Gasteiger partial charge in [0.15, 0.2) is 0 Å². The van der Waals surface area contributed by atoms with E-state index in [9.17, 15) is 18.0 Å². The van der Waals surface area contributed by atoms with E-state index in [4.69, 9.17) is 4.74 Å². The molecule has 0 aliphatic heterocycles. The van der Waals surface area contributed by atoms with Crippen LogP contribution in [0.2, 0.25) is 0 Å². The first kappa shape index (κ1) is 30.2. The molecule has 0 heterocycles. The topological polar surface area (TPSA) is 96.0 Å². The average molecular weight is 532 g/mol. The Morgan fingerprint density at radius 2 is 1.57 bits per heavy atom. The molecule has 2 amide bonds. The highest BCUT2D eigenvalue weighted by atomic mass is 32.2. The second-order valence-corrected chi connectivity index (χ2v) is 11.3. The molecule has 2 aromatic carbocycles. The highest BCUT2D eigenvalue weighted by Crippen LogP contribution is 2.21. The van der Waals surface area contributed by atoms with Gasteiger partial charge in [0.2, 0.25) is 21.8 Å². The van der Waals surface area contributed by atoms with Crippen molar-refractivity contribution < 1.29 is 22.7 Å². The van der Waals surface area contributed by atoms with E-state index in [1.54, 1.807) is 24.1 Å². The summed E-state index contributed by atoms with van der Waals surface area (Å²) in [4.78, 5) is 28.0. The lowest BCUT2D eigenvalue weighted by Gasteiger charge is -2.31. The van der Waals surface area contributed by atoms with Gasteiger partial charge < -0.3 is 15.0 Å². The van der Waals surface area contributed by atoms with Gasteiger partial charge in [-0.15, -0.1) is 0 Å². The third kappa shape index (κ3) is 9.07. The van der Waals surface area contributed by atoms with Crippen LogP contribution >= 0.6 is 0 Å². The van der Waals surface area contributed by atoms with Crippen molar-refractivity contribution >= 4 is 27.5 Å². The van der Waals surface area contributed by atoms with Crippen molar-refractivity contribution in [1.29, 1.82) is 0 Å². The summed E-state index contributed by atoms with van der Waals surface area (Å²) in [6, 6.07) is 14.1. The molecule has 1 atom stereocenters. The third-order valence-electron chi connectivity index (χ3n) is 6.11. The molecule has 0 saturated heterocycles. The van der Waals surface area contributed by atoms with E-state index in [0.717, 1.165) is 17.5 Å². The van der Waals surface area contributed by atoms with Crippen molar-refractivity contribution in [3.05, 3.63) is 59.7 Å². The van der Waals surface area contributed by atoms with Gasteiger partial charge in [0.25, 0.3) is 0 Å². The maximum absolute atomic E-state index is 13.5. The van der Waals surface area contributed by atoms with Crippen molar-refractivity contribution in [1.82, 2.24) is 10.2 Å². The number of aryl methyl sites for hydroxylation is 1. The van der Waals surface area contributed by atoms with Gasteiger partial charge in [-0.3, -0.25) is 13.9 Å². The Bertz CT molecular complexity index is 1120. The molecule has 204 valence electrons. The van der Waals surface area contributed by atoms with Crippen LogP contribution in [0.1, 0.15) is 58.1 Å². The van der Waals surface area contributed by atoms with Gasteiger partial charge in [0, 0.05) is 25.6 Å². The monoisotopic (exact) mass is 531 g/mol. The maximum atomic E-state index is 13.5. The molecule has 2 rings (SSSR count). The number of carbonyl (C=O) groups is 2. The van der Waals surface area contributed by atoms with Gasteiger partial charge >= 0.3 is 0 Å². The number of ether oxygens (including phenoxy) is 1. The summed E-state index contributed by atoms with van der Waals surface area (Å²) in [7, 11) is -1.94. The predicted octanol–water partition coefficient (Wildman–Crippen LogP) is 4.14. The SMILES string of the molecule is CCc1ccc(N(CCCC(=O)N(Cc2ccc(OC)cc2)C(CC)C(=O)NC(C)C)S(C)(=O)=O)cc1. The number of amides is 2. The first-order valence-corrected chi connectivity index (χ1v) is 14.6. The minimum atomic E-state index is -3.53. The fourth-order valence-electron chi connectivity index (χ4n) is 4.13. The summed E-state index contributed by atoms with van der Waals surface area (Å²) in [6.07, 6.45) is 2.92. The standard InChI is InChI=1S/C28H41N3O5S/c1-7-22-11-15-24(16-12-22)31(37(6,34)35)19-9-10-27(32)30(26(8-2)28(33)29-21(3)4)20-23-13-17-25(36-5)18-14-23/h11-18,21,26H,7-10,19-20H2,1-6H3,(H,29,33). The fourth-order valence-corrected chi connectivity index (χ4v) is 5.10. The first-order chi connectivity index (χ1) is 17.5. The van der Waals surface area contributed by atoms with E-state index >= 15 is 0 Å². The van der Waals surface area contributed by atoms with E-state index in [-0.39, 0.29) is 37.4 Å². The van der Waals surface area contributed by atoms with Crippen LogP contribution in [-0.2, 0) is 32.6 Å². The van der Waals surface area contributed by atoms with E-state index < -0.39 is 16.1 Å². The molecule has 2 aromatic rings. The van der Waals surface area contributed by atoms with Gasteiger partial charge in [-0.1, -0.05) is 38.1 Å². The highest BCUT2D eigenvalue weighted by Gasteiger charge is 2.29. The summed E-state index contributed by atoms with van der Waals surface area (Å²) in [6.45, 7) is 8.12. The number of hydrogen-bond acceptors (Lipinski definition) is 5. The van der Waals surface area contributed by atoms with Crippen LogP contribution < -0.4 is 14.4 Å². The molecule has 0 spiro atoms. The lowest BCUT2D eigenvalue weighted by molar-refractivity contribution is -0.141. The molecule has 1 N–H and O–H groups in total. The van der Waals surface area contributed by atoms with E-state index in [2.05, 4.69) is 5.32 Å². The Hall–Kier alpha value is -3.07. The van der Waals surface area contributed by atoms with E-state index in [1.165, 1.54) is 10.6 Å². The Balaban J connectivity index is 2.21. The van der Waals surface area contributed by atoms with Gasteiger partial charge in [-0.2, -0.15) is 0 Å². The second-order valence-electron chi connectivity index (χ2n) is 9.42. The predicted molar refractivity (Wildman–Crippen MR) is 148 cm³/mol. The number of anilines is 1. The first-order valence-electron chi connectivity index (χ1n) is 12.8. The minimum Gasteiger partial charge on any atom is -0.497 e. The van der Waals surface area contributed by atoms with Gasteiger partial charge in [0.1, 0.15) is 11.8 Å². The third-order valence-corrected chi connectivity index (χ3v) is 7.31. The molecule has 0 aliphatic carbocycles. The number of carbonyl (C=O) groups excluding carboxylic acids is 2. The van der Waals surface area contributed by atoms with Crippen LogP contribution in [0.3, 0.4) is 0 Å². The zero-order chi connectivity index (χ0) is 27.6. The van der Waals surface area contributed by atoms with Crippen LogP contribution in [0, 0.1) is 0 Å². The largest absolute Gasteiger partial charge is 0.497 e. The molecule has 0 aliphatic rings. The number of rotatable bonds is 14. The average Bonchev–Trinajstić information content (AvgIpc) is 2.85. The Kier molecular flexibility index (Phi) is 11.4. The minimum absolute atomic E-state index is 0.0538. The van der Waals surface area contributed by atoms with Crippen molar-refractivity contribution in [2.45, 2.75) is 72.0 Å². The van der Waals surface area contributed by atoms with Crippen LogP contribution in [0.15, 0.2) is 48.5 Å². The Morgan fingerprint density at radius 1 is 0.973 bits per heavy atom. The number of benzene rings is 2. The quantitative estimate of drug-likeness (QED) is 0.395. The zero-order valence-electron chi connectivity index (χ0n) is 22.9. The van der Waals surface area contributed by atoms with Crippen LogP contribution in [0.4, 0.5) is 5.69 Å². The molecule has 8 nitrogen and oxygen atoms in total. The number of sulfonamides is 1. The molecule has 1 unspecified atom stereocenters. The number of nitrogens with zero attached hydrogens (tertiary/aromatic N) is 2. The zero-order valence-corrected chi connectivity index (χ0v) is 23.7. The molecule has 0 radical (unpaired) electrons. The lowest BCUT2D eigenvalue weighted by Crippen LogP contribution is -2.50. The molecule has 0 saturated carbocycles. The van der Waals surface area contributed by atoms with Crippen LogP contribution in [0.5, 0.6) is 5.75 Å². The smallest absolute Gasteiger partial charge is 0.243 e. The number of methoxy groups -OCH3 is 1. The molecule has 0 bridgehead atoms. The van der Waals surface area contributed by atoms with Gasteiger partial charge in [-0.05, 0) is 68.5 Å². The number of nitrogens with one attached hydrogen (secondary N) is 1. The Morgan fingerprint density at radius 3 is 2.05 bits per heavy atom. The normalized spacial score (nSPS) is 12.2. The lowest BCUT2D eigenvalue weighted by atomic mass is 10.1. The molecule has 37 heavy (non-hydrogen) atoms. The van der Waals surface area contributed by atoms with Crippen molar-refractivity contribution in [3.8, 4) is 5.75 Å². The fraction of sp³-hybridized carbons (Fsp3) is 0.500. The van der Waals surface area contributed by atoms with Crippen molar-refractivity contribution in [3.63, 3.8) is 0 Å². The highest BCUT2D eigenvalue weighted by molar-refractivity contribution is 7.92. The second kappa shape index (κ2) is 14.0. The molecular formula is C28H41N3O5S. The van der Waals surface area contributed by atoms with Crippen LogP contribution in [-0.4, -0.2) is 57.1 Å². The maximum Gasteiger partial charge on any atom is 0.243 e. The van der Waals surface area contributed by atoms with Crippen molar-refractivity contribution in [2.24, 2.45) is 0 Å². The molecule has 0 aromatic heterocycles. The summed E-state index contributed by atoms with van der Waals surface area (Å²) in [5.74, 6) is 0.309.